The van der Waals surface area contributed by atoms with Crippen LogP contribution >= 0.6 is 11.3 Å². The van der Waals surface area contributed by atoms with Gasteiger partial charge >= 0.3 is 0 Å². The van der Waals surface area contributed by atoms with Gasteiger partial charge < -0.3 is 14.6 Å². The Kier molecular flexibility index (Phi) is 8.04. The number of ketones is 1. The molecule has 1 aliphatic heterocycles. The largest absolute Gasteiger partial charge is 0.463 e. The molecular formula is C25H29N5O4S. The Labute approximate surface area is 208 Å². The van der Waals surface area contributed by atoms with Crippen molar-refractivity contribution >= 4 is 34.1 Å². The quantitative estimate of drug-likeness (QED) is 0.452. The Morgan fingerprint density at radius 1 is 1.20 bits per heavy atom. The van der Waals surface area contributed by atoms with Crippen LogP contribution in [-0.2, 0) is 9.59 Å². The summed E-state index contributed by atoms with van der Waals surface area (Å²) < 4.78 is 5.47. The number of pyridine rings is 1. The molecule has 10 heteroatoms. The van der Waals surface area contributed by atoms with Crippen molar-refractivity contribution in [3.05, 3.63) is 53.4 Å². The number of hydrogen-bond donors (Lipinski definition) is 1. The number of nitrogens with zero attached hydrogens (tertiary/aromatic N) is 4. The number of likely N-dealkylation sites (tertiary alicyclic amines) is 1. The maximum absolute atomic E-state index is 13.1. The van der Waals surface area contributed by atoms with E-state index in [0.717, 1.165) is 30.7 Å². The molecule has 9 nitrogen and oxygen atoms in total. The molecular weight excluding hydrogens is 466 g/mol. The van der Waals surface area contributed by atoms with E-state index in [4.69, 9.17) is 4.42 Å². The summed E-state index contributed by atoms with van der Waals surface area (Å²) in [5.74, 6) is -0.0265. The number of carbonyl (C=O) groups excluding carboxylic acids is 3. The minimum absolute atomic E-state index is 0.0931. The maximum atomic E-state index is 13.1. The van der Waals surface area contributed by atoms with Crippen LogP contribution in [0.15, 0.2) is 47.2 Å². The van der Waals surface area contributed by atoms with Gasteiger partial charge in [0.25, 0.3) is 0 Å². The predicted molar refractivity (Wildman–Crippen MR) is 133 cm³/mol. The van der Waals surface area contributed by atoms with Gasteiger partial charge in [0.2, 0.25) is 17.6 Å². The summed E-state index contributed by atoms with van der Waals surface area (Å²) >= 11 is 1.09. The zero-order chi connectivity index (χ0) is 24.8. The Morgan fingerprint density at radius 2 is 2.03 bits per heavy atom. The molecule has 0 spiro atoms. The van der Waals surface area contributed by atoms with E-state index >= 15 is 0 Å². The molecule has 4 rings (SSSR count). The van der Waals surface area contributed by atoms with Crippen LogP contribution in [-0.4, -0.2) is 70.1 Å². The highest BCUT2D eigenvalue weighted by molar-refractivity contribution is 7.18. The van der Waals surface area contributed by atoms with E-state index in [1.54, 1.807) is 36.5 Å². The number of hydrogen-bond acceptors (Lipinski definition) is 8. The number of carbonyl (C=O) groups is 3. The van der Waals surface area contributed by atoms with Gasteiger partial charge in [0, 0.05) is 25.8 Å². The Balaban J connectivity index is 1.46. The Bertz CT molecular complexity index is 1160. The summed E-state index contributed by atoms with van der Waals surface area (Å²) in [6.07, 6.45) is 4.77. The minimum Gasteiger partial charge on any atom is -0.463 e. The van der Waals surface area contributed by atoms with E-state index in [1.165, 1.54) is 6.26 Å². The van der Waals surface area contributed by atoms with Crippen LogP contribution in [0.4, 0.5) is 5.13 Å². The summed E-state index contributed by atoms with van der Waals surface area (Å²) in [6, 6.07) is 8.56. The monoisotopic (exact) mass is 495 g/mol. The van der Waals surface area contributed by atoms with Gasteiger partial charge in [-0.25, -0.2) is 4.98 Å². The van der Waals surface area contributed by atoms with Crippen molar-refractivity contribution in [2.45, 2.75) is 26.7 Å². The summed E-state index contributed by atoms with van der Waals surface area (Å²) in [5, 5.41) is 3.14. The molecule has 1 aliphatic rings. The first kappa shape index (κ1) is 24.7. The lowest BCUT2D eigenvalue weighted by Crippen LogP contribution is -2.46. The molecule has 0 bridgehead atoms. The van der Waals surface area contributed by atoms with Crippen molar-refractivity contribution in [2.75, 3.05) is 38.0 Å². The third-order valence-electron chi connectivity index (χ3n) is 6.03. The molecule has 1 unspecified atom stereocenters. The topological polar surface area (TPSA) is 109 Å². The van der Waals surface area contributed by atoms with Gasteiger partial charge in [0.15, 0.2) is 10.9 Å². The lowest BCUT2D eigenvalue weighted by molar-refractivity contribution is -0.137. The van der Waals surface area contributed by atoms with Gasteiger partial charge in [-0.3, -0.25) is 24.3 Å². The van der Waals surface area contributed by atoms with Gasteiger partial charge in [-0.2, -0.15) is 0 Å². The number of thiazole rings is 1. The zero-order valence-corrected chi connectivity index (χ0v) is 20.7. The summed E-state index contributed by atoms with van der Waals surface area (Å²) in [4.78, 5) is 51.5. The van der Waals surface area contributed by atoms with Gasteiger partial charge in [-0.15, -0.1) is 0 Å². The fraction of sp³-hybridized carbons (Fsp3) is 0.400. The number of aromatic nitrogens is 2. The van der Waals surface area contributed by atoms with Crippen molar-refractivity contribution < 1.29 is 18.8 Å². The molecule has 3 aromatic rings. The van der Waals surface area contributed by atoms with Crippen LogP contribution in [0.1, 0.15) is 42.1 Å². The third kappa shape index (κ3) is 5.83. The SMILES string of the molecule is CCN(CC)C(=O)C1CCCN(CC(=O)Nc2nc(-c3ccco3)c(C(=O)c3ccccn3)s2)C1. The second kappa shape index (κ2) is 11.4. The molecule has 35 heavy (non-hydrogen) atoms. The number of piperidine rings is 1. The first-order chi connectivity index (χ1) is 17.0. The van der Waals surface area contributed by atoms with E-state index in [9.17, 15) is 14.4 Å². The van der Waals surface area contributed by atoms with Crippen LogP contribution in [0.2, 0.25) is 0 Å². The van der Waals surface area contributed by atoms with Crippen molar-refractivity contribution in [1.29, 1.82) is 0 Å². The molecule has 1 fully saturated rings. The lowest BCUT2D eigenvalue weighted by Gasteiger charge is -2.34. The number of nitrogens with one attached hydrogen (secondary N) is 1. The van der Waals surface area contributed by atoms with Gasteiger partial charge in [-0.05, 0) is 57.5 Å². The predicted octanol–water partition coefficient (Wildman–Crippen LogP) is 3.55. The molecule has 0 aromatic carbocycles. The molecule has 1 N–H and O–H groups in total. The fourth-order valence-corrected chi connectivity index (χ4v) is 5.21. The molecule has 2 amide bonds. The molecule has 0 radical (unpaired) electrons. The van der Waals surface area contributed by atoms with E-state index in [1.807, 2.05) is 23.6 Å². The number of furan rings is 1. The number of amides is 2. The molecule has 1 atom stereocenters. The first-order valence-electron chi connectivity index (χ1n) is 11.8. The fourth-order valence-electron chi connectivity index (χ4n) is 4.28. The van der Waals surface area contributed by atoms with Crippen LogP contribution < -0.4 is 5.32 Å². The van der Waals surface area contributed by atoms with Gasteiger partial charge in [0.05, 0.1) is 18.7 Å². The highest BCUT2D eigenvalue weighted by atomic mass is 32.1. The van der Waals surface area contributed by atoms with Crippen molar-refractivity contribution in [1.82, 2.24) is 19.8 Å². The minimum atomic E-state index is -0.288. The van der Waals surface area contributed by atoms with Crippen molar-refractivity contribution in [3.8, 4) is 11.5 Å². The van der Waals surface area contributed by atoms with E-state index < -0.39 is 0 Å². The van der Waals surface area contributed by atoms with Crippen LogP contribution in [0, 0.1) is 5.92 Å². The summed E-state index contributed by atoms with van der Waals surface area (Å²) in [7, 11) is 0. The van der Waals surface area contributed by atoms with E-state index in [0.29, 0.717) is 46.8 Å². The summed E-state index contributed by atoms with van der Waals surface area (Å²) in [5.41, 5.74) is 0.660. The summed E-state index contributed by atoms with van der Waals surface area (Å²) in [6.45, 7) is 6.81. The normalized spacial score (nSPS) is 16.1. The molecule has 184 valence electrons. The second-order valence-corrected chi connectivity index (χ2v) is 9.35. The van der Waals surface area contributed by atoms with Gasteiger partial charge in [-0.1, -0.05) is 17.4 Å². The van der Waals surface area contributed by atoms with E-state index in [2.05, 4.69) is 15.3 Å². The number of rotatable bonds is 9. The van der Waals surface area contributed by atoms with Crippen LogP contribution in [0.25, 0.3) is 11.5 Å². The third-order valence-corrected chi connectivity index (χ3v) is 7.00. The molecule has 4 heterocycles. The average molecular weight is 496 g/mol. The lowest BCUT2D eigenvalue weighted by atomic mass is 9.96. The van der Waals surface area contributed by atoms with Gasteiger partial charge in [0.1, 0.15) is 16.3 Å². The molecule has 3 aromatic heterocycles. The zero-order valence-electron chi connectivity index (χ0n) is 19.9. The Morgan fingerprint density at radius 3 is 2.71 bits per heavy atom. The Hall–Kier alpha value is -3.37. The molecule has 0 saturated carbocycles. The molecule has 1 saturated heterocycles. The number of anilines is 1. The average Bonchev–Trinajstić information content (AvgIpc) is 3.55. The smallest absolute Gasteiger partial charge is 0.240 e. The standard InChI is InChI=1S/C25H29N5O4S/c1-3-30(4-2)24(33)17-9-7-13-29(15-17)16-20(31)27-25-28-21(19-11-8-14-34-19)23(35-25)22(32)18-10-5-6-12-26-18/h5-6,8,10-12,14,17H,3-4,7,9,13,15-16H2,1-2H3,(H,27,28,31). The van der Waals surface area contributed by atoms with E-state index in [-0.39, 0.29) is 30.1 Å². The highest BCUT2D eigenvalue weighted by Crippen LogP contribution is 2.33. The second-order valence-electron chi connectivity index (χ2n) is 8.35. The molecule has 0 aliphatic carbocycles. The van der Waals surface area contributed by atoms with Crippen LogP contribution in [0.5, 0.6) is 0 Å². The van der Waals surface area contributed by atoms with Crippen LogP contribution in [0.3, 0.4) is 0 Å². The van der Waals surface area contributed by atoms with Crippen molar-refractivity contribution in [2.24, 2.45) is 5.92 Å². The van der Waals surface area contributed by atoms with Crippen molar-refractivity contribution in [3.63, 3.8) is 0 Å². The maximum Gasteiger partial charge on any atom is 0.240 e. The first-order valence-corrected chi connectivity index (χ1v) is 12.6. The highest BCUT2D eigenvalue weighted by Gasteiger charge is 2.29.